The smallest absolute Gasteiger partial charge is 0.179 e. The van der Waals surface area contributed by atoms with Crippen molar-refractivity contribution in [2.24, 2.45) is 5.41 Å². The zero-order valence-electron chi connectivity index (χ0n) is 22.7. The van der Waals surface area contributed by atoms with E-state index in [2.05, 4.69) is 53.2 Å². The maximum Gasteiger partial charge on any atom is 0.179 e. The van der Waals surface area contributed by atoms with Crippen LogP contribution in [0.15, 0.2) is 47.4 Å². The number of nitrogens with zero attached hydrogens (tertiary/aromatic N) is 2. The van der Waals surface area contributed by atoms with Gasteiger partial charge in [-0.05, 0) is 48.2 Å². The molecule has 0 aromatic heterocycles. The number of hydrogen-bond acceptors (Lipinski definition) is 4. The Kier molecular flexibility index (Phi) is 8.40. The summed E-state index contributed by atoms with van der Waals surface area (Å²) in [5.74, 6) is -0.413. The average Bonchev–Trinajstić information content (AvgIpc) is 2.86. The van der Waals surface area contributed by atoms with E-state index in [1.807, 2.05) is 37.2 Å². The van der Waals surface area contributed by atoms with Gasteiger partial charge in [-0.25, -0.2) is 8.42 Å². The molecule has 2 unspecified atom stereocenters. The SMILES string of the molecule is CCCCC1(CCCC)CS(=O)(=O)c2ccc(N(C)C)cc2C(c2cccc([N+](C)(C)C)c2)C1O. The third-order valence-electron chi connectivity index (χ3n) is 7.66. The lowest BCUT2D eigenvalue weighted by Crippen LogP contribution is -2.43. The predicted octanol–water partition coefficient (Wildman–Crippen LogP) is 5.60. The van der Waals surface area contributed by atoms with Gasteiger partial charge in [0.2, 0.25) is 0 Å². The molecule has 6 heteroatoms. The van der Waals surface area contributed by atoms with Crippen molar-refractivity contribution in [1.29, 1.82) is 0 Å². The number of aliphatic hydroxyl groups is 1. The Morgan fingerprint density at radius 2 is 1.63 bits per heavy atom. The van der Waals surface area contributed by atoms with Gasteiger partial charge in [0.15, 0.2) is 9.84 Å². The largest absolute Gasteiger partial charge is 0.392 e. The molecule has 35 heavy (non-hydrogen) atoms. The van der Waals surface area contributed by atoms with E-state index < -0.39 is 27.3 Å². The fraction of sp³-hybridized carbons (Fsp3) is 0.586. The van der Waals surface area contributed by atoms with E-state index in [-0.39, 0.29) is 5.75 Å². The van der Waals surface area contributed by atoms with Crippen LogP contribution < -0.4 is 9.38 Å². The van der Waals surface area contributed by atoms with Crippen LogP contribution in [0.5, 0.6) is 0 Å². The predicted molar refractivity (Wildman–Crippen MR) is 148 cm³/mol. The highest BCUT2D eigenvalue weighted by Gasteiger charge is 2.49. The molecule has 0 aliphatic carbocycles. The Bertz CT molecular complexity index is 1110. The maximum absolute atomic E-state index is 13.9. The molecule has 2 atom stereocenters. The highest BCUT2D eigenvalue weighted by molar-refractivity contribution is 7.91. The summed E-state index contributed by atoms with van der Waals surface area (Å²) in [5, 5.41) is 12.3. The molecule has 0 fully saturated rings. The molecule has 0 bridgehead atoms. The van der Waals surface area contributed by atoms with Crippen molar-refractivity contribution in [2.75, 3.05) is 45.9 Å². The number of hydrogen-bond donors (Lipinski definition) is 1. The van der Waals surface area contributed by atoms with Crippen LogP contribution in [-0.4, -0.2) is 60.6 Å². The quantitative estimate of drug-likeness (QED) is 0.455. The monoisotopic (exact) mass is 501 g/mol. The van der Waals surface area contributed by atoms with Gasteiger partial charge in [-0.2, -0.15) is 0 Å². The van der Waals surface area contributed by atoms with Crippen LogP contribution in [0.2, 0.25) is 0 Å². The summed E-state index contributed by atoms with van der Waals surface area (Å²) in [6, 6.07) is 14.0. The zero-order valence-corrected chi connectivity index (χ0v) is 23.5. The standard InChI is InChI=1S/C29H45N2O3S/c1-8-10-17-29(18-11-9-2)21-35(33,34)26-16-15-23(30(3)4)20-25(26)27(28(29)32)22-13-12-14-24(19-22)31(5,6)7/h12-16,19-20,27-28,32H,8-11,17-18,21H2,1-7H3/q+1. The molecule has 0 saturated heterocycles. The second-order valence-electron chi connectivity index (χ2n) is 11.5. The molecule has 0 spiro atoms. The summed E-state index contributed by atoms with van der Waals surface area (Å²) in [4.78, 5) is 2.36. The molecular weight excluding hydrogens is 456 g/mol. The molecule has 5 nitrogen and oxygen atoms in total. The minimum atomic E-state index is -3.58. The molecule has 1 heterocycles. The average molecular weight is 502 g/mol. The van der Waals surface area contributed by atoms with E-state index in [0.29, 0.717) is 22.2 Å². The molecule has 3 rings (SSSR count). The minimum Gasteiger partial charge on any atom is -0.392 e. The second-order valence-corrected chi connectivity index (χ2v) is 13.4. The van der Waals surface area contributed by atoms with E-state index in [1.54, 1.807) is 6.07 Å². The summed E-state index contributed by atoms with van der Waals surface area (Å²) in [6.45, 7) is 4.26. The molecule has 1 aliphatic heterocycles. The van der Waals surface area contributed by atoms with Gasteiger partial charge in [0.1, 0.15) is 5.69 Å². The molecular formula is C29H45N2O3S+. The van der Waals surface area contributed by atoms with E-state index >= 15 is 0 Å². The zero-order chi connectivity index (χ0) is 26.0. The summed E-state index contributed by atoms with van der Waals surface area (Å²) >= 11 is 0. The molecule has 194 valence electrons. The second kappa shape index (κ2) is 10.6. The first-order valence-electron chi connectivity index (χ1n) is 13.0. The van der Waals surface area contributed by atoms with Crippen molar-refractivity contribution in [3.63, 3.8) is 0 Å². The molecule has 0 radical (unpaired) electrons. The van der Waals surface area contributed by atoms with Gasteiger partial charge in [-0.15, -0.1) is 0 Å². The molecule has 1 N–H and O–H groups in total. The summed E-state index contributed by atoms with van der Waals surface area (Å²) < 4.78 is 28.5. The van der Waals surface area contributed by atoms with Crippen LogP contribution in [0.4, 0.5) is 11.4 Å². The van der Waals surface area contributed by atoms with Crippen molar-refractivity contribution in [3.05, 3.63) is 53.6 Å². The van der Waals surface area contributed by atoms with Gasteiger partial charge < -0.3 is 10.0 Å². The third-order valence-corrected chi connectivity index (χ3v) is 9.66. The third kappa shape index (κ3) is 5.76. The molecule has 2 aromatic rings. The topological polar surface area (TPSA) is 57.6 Å². The lowest BCUT2D eigenvalue weighted by atomic mass is 9.68. The van der Waals surface area contributed by atoms with Crippen molar-refractivity contribution >= 4 is 21.2 Å². The number of quaternary nitrogens is 1. The number of unbranched alkanes of at least 4 members (excludes halogenated alkanes) is 2. The summed E-state index contributed by atoms with van der Waals surface area (Å²) in [7, 11) is 6.71. The summed E-state index contributed by atoms with van der Waals surface area (Å²) in [6.07, 6.45) is 4.38. The first kappa shape index (κ1) is 27.7. The lowest BCUT2D eigenvalue weighted by Gasteiger charge is -2.40. The first-order valence-corrected chi connectivity index (χ1v) is 14.7. The minimum absolute atomic E-state index is 0.000994. The van der Waals surface area contributed by atoms with Gasteiger partial charge in [0.05, 0.1) is 37.9 Å². The summed E-state index contributed by atoms with van der Waals surface area (Å²) in [5.41, 5.74) is 3.08. The lowest BCUT2D eigenvalue weighted by molar-refractivity contribution is 0.0127. The van der Waals surface area contributed by atoms with Crippen LogP contribution in [0.1, 0.15) is 69.4 Å². The number of rotatable bonds is 9. The van der Waals surface area contributed by atoms with Crippen molar-refractivity contribution in [1.82, 2.24) is 4.48 Å². The van der Waals surface area contributed by atoms with Gasteiger partial charge in [0.25, 0.3) is 0 Å². The number of sulfone groups is 1. The van der Waals surface area contributed by atoms with Crippen LogP contribution >= 0.6 is 0 Å². The number of aliphatic hydroxyl groups excluding tert-OH is 1. The van der Waals surface area contributed by atoms with Crippen LogP contribution in [0, 0.1) is 5.41 Å². The van der Waals surface area contributed by atoms with Gasteiger partial charge in [-0.1, -0.05) is 51.7 Å². The highest BCUT2D eigenvalue weighted by atomic mass is 32.2. The van der Waals surface area contributed by atoms with E-state index in [1.165, 1.54) is 0 Å². The van der Waals surface area contributed by atoms with Crippen molar-refractivity contribution in [3.8, 4) is 0 Å². The van der Waals surface area contributed by atoms with E-state index in [4.69, 9.17) is 0 Å². The Labute approximate surface area is 213 Å². The Morgan fingerprint density at radius 1 is 1.00 bits per heavy atom. The Balaban J connectivity index is 2.34. The normalized spacial score (nSPS) is 21.3. The first-order chi connectivity index (χ1) is 16.4. The van der Waals surface area contributed by atoms with Crippen LogP contribution in [-0.2, 0) is 9.84 Å². The Morgan fingerprint density at radius 3 is 2.17 bits per heavy atom. The number of anilines is 1. The van der Waals surface area contributed by atoms with Gasteiger partial charge in [0, 0.05) is 37.2 Å². The molecule has 2 aromatic carbocycles. The highest BCUT2D eigenvalue weighted by Crippen LogP contribution is 2.50. The fourth-order valence-electron chi connectivity index (χ4n) is 5.53. The maximum atomic E-state index is 13.9. The van der Waals surface area contributed by atoms with Crippen molar-refractivity contribution in [2.45, 2.75) is 69.3 Å². The Hall–Kier alpha value is -1.89. The number of benzene rings is 2. The van der Waals surface area contributed by atoms with E-state index in [9.17, 15) is 13.5 Å². The molecule has 0 amide bonds. The van der Waals surface area contributed by atoms with Gasteiger partial charge >= 0.3 is 0 Å². The van der Waals surface area contributed by atoms with E-state index in [0.717, 1.165) is 48.2 Å². The van der Waals surface area contributed by atoms with Crippen molar-refractivity contribution < 1.29 is 13.5 Å². The van der Waals surface area contributed by atoms with Gasteiger partial charge in [-0.3, -0.25) is 4.48 Å². The van der Waals surface area contributed by atoms with Crippen LogP contribution in [0.25, 0.3) is 0 Å². The number of fused-ring (bicyclic) bond motifs is 1. The molecule has 0 saturated carbocycles. The fourth-order valence-corrected chi connectivity index (χ4v) is 7.72. The molecule has 1 aliphatic rings. The van der Waals surface area contributed by atoms with Crippen LogP contribution in [0.3, 0.4) is 0 Å².